The molecule has 0 bridgehead atoms. The van der Waals surface area contributed by atoms with Crippen LogP contribution in [0, 0.1) is 0 Å². The molecule has 0 aromatic heterocycles. The first-order valence-corrected chi connectivity index (χ1v) is 14.3. The summed E-state index contributed by atoms with van der Waals surface area (Å²) in [4.78, 5) is 0. The van der Waals surface area contributed by atoms with E-state index in [1.54, 1.807) is 0 Å². The summed E-state index contributed by atoms with van der Waals surface area (Å²) in [5.41, 5.74) is 6.02. The van der Waals surface area contributed by atoms with Gasteiger partial charge in [-0.25, -0.2) is 0 Å². The SMILES string of the molecule is N[C@@]1(O[C@]2(CO)O[C@H](CO)[C@H](O)[C@@H]2O)O[C@H](CO)[C@@H](O[C@H]2O[C@H](CO[C@@H]3O[C@H](CO)[C@H](O)[C@@H](O)[C@H]3O)[C@H](O)[C@@H](O)[C@H]2O)[C@@H](O)[C@H]1O. The summed E-state index contributed by atoms with van der Waals surface area (Å²) >= 11 is 0. The lowest BCUT2D eigenvalue weighted by molar-refractivity contribution is -0.441. The topological polar surface area (TPSA) is 374 Å². The highest BCUT2D eigenvalue weighted by atomic mass is 16.8. The highest BCUT2D eigenvalue weighted by Crippen LogP contribution is 2.40. The van der Waals surface area contributed by atoms with Gasteiger partial charge < -0.3 is 99.9 Å². The lowest BCUT2D eigenvalue weighted by atomic mass is 9.95. The lowest BCUT2D eigenvalue weighted by Crippen LogP contribution is -2.74. The molecule has 0 spiro atoms. The highest BCUT2D eigenvalue weighted by Gasteiger charge is 2.63. The van der Waals surface area contributed by atoms with Gasteiger partial charge in [-0.1, -0.05) is 0 Å². The molecule has 0 radical (unpaired) electrons. The van der Waals surface area contributed by atoms with Crippen LogP contribution in [0.2, 0.25) is 0 Å². The van der Waals surface area contributed by atoms with E-state index in [0.717, 1.165) is 0 Å². The van der Waals surface area contributed by atoms with E-state index in [4.69, 9.17) is 38.9 Å². The van der Waals surface area contributed by atoms with Crippen LogP contribution in [0.3, 0.4) is 0 Å². The third-order valence-electron chi connectivity index (χ3n) is 8.43. The Bertz CT molecular complexity index is 982. The Hall–Kier alpha value is -0.880. The Kier molecular flexibility index (Phi) is 12.3. The molecule has 0 aliphatic carbocycles. The quantitative estimate of drug-likeness (QED) is 0.0900. The van der Waals surface area contributed by atoms with Crippen molar-refractivity contribution in [2.24, 2.45) is 5.73 Å². The van der Waals surface area contributed by atoms with Crippen LogP contribution < -0.4 is 5.73 Å². The molecule has 4 aliphatic heterocycles. The normalized spacial score (nSPS) is 53.4. The van der Waals surface area contributed by atoms with E-state index in [9.17, 15) is 71.5 Å². The fraction of sp³-hybridized carbons (Fsp3) is 1.00. The summed E-state index contributed by atoms with van der Waals surface area (Å²) in [5, 5.41) is 143. The van der Waals surface area contributed by atoms with Crippen LogP contribution in [-0.4, -0.2) is 220 Å². The minimum absolute atomic E-state index is 0.713. The first-order valence-electron chi connectivity index (χ1n) is 14.3. The summed E-state index contributed by atoms with van der Waals surface area (Å²) in [7, 11) is 0. The van der Waals surface area contributed by atoms with Gasteiger partial charge in [0.15, 0.2) is 18.7 Å². The Morgan fingerprint density at radius 1 is 0.543 bits per heavy atom. The molecular formula is C24H43NO21. The molecule has 19 atom stereocenters. The van der Waals surface area contributed by atoms with Gasteiger partial charge in [-0.15, -0.1) is 0 Å². The van der Waals surface area contributed by atoms with Gasteiger partial charge in [0.05, 0.1) is 26.4 Å². The first-order chi connectivity index (χ1) is 21.6. The lowest BCUT2D eigenvalue weighted by Gasteiger charge is -2.51. The average Bonchev–Trinajstić information content (AvgIpc) is 3.28. The largest absolute Gasteiger partial charge is 0.394 e. The Morgan fingerprint density at radius 2 is 1.09 bits per heavy atom. The number of nitrogens with two attached hydrogens (primary N) is 1. The molecule has 46 heavy (non-hydrogen) atoms. The second-order valence-electron chi connectivity index (χ2n) is 11.5. The van der Waals surface area contributed by atoms with Gasteiger partial charge in [0, 0.05) is 0 Å². The fourth-order valence-corrected chi connectivity index (χ4v) is 5.64. The number of hydrogen-bond acceptors (Lipinski definition) is 22. The predicted molar refractivity (Wildman–Crippen MR) is 137 cm³/mol. The Morgan fingerprint density at radius 3 is 1.63 bits per heavy atom. The molecule has 22 nitrogen and oxygen atoms in total. The maximum atomic E-state index is 11.0. The maximum Gasteiger partial charge on any atom is 0.258 e. The molecule has 4 saturated heterocycles. The van der Waals surface area contributed by atoms with Crippen LogP contribution >= 0.6 is 0 Å². The second-order valence-corrected chi connectivity index (χ2v) is 11.5. The van der Waals surface area contributed by atoms with E-state index in [0.29, 0.717) is 0 Å². The Balaban J connectivity index is 1.46. The van der Waals surface area contributed by atoms with Crippen LogP contribution in [0.4, 0.5) is 0 Å². The third kappa shape index (κ3) is 6.92. The standard InChI is InChI=1S/C24H43NO21/c25-24(46-23(5-29)19(38)12(32)7(2-27)44-23)20(39)17(37)18(8(3-28)45-24)43-22-16(36)14(34)11(31)9(42-22)4-40-21-15(35)13(33)10(30)6(1-26)41-21/h6-22,26-39H,1-5,25H2/t6-,7-,8-,9-,10+,11+,12+,13-,14-,15-,16-,17-,18-,19+,20-,21-,22-,23+,24-/m1/s1. The molecular weight excluding hydrogens is 638 g/mol. The van der Waals surface area contributed by atoms with Gasteiger partial charge in [-0.2, -0.15) is 0 Å². The van der Waals surface area contributed by atoms with Gasteiger partial charge >= 0.3 is 0 Å². The molecule has 0 amide bonds. The third-order valence-corrected chi connectivity index (χ3v) is 8.43. The van der Waals surface area contributed by atoms with E-state index in [2.05, 4.69) is 0 Å². The fourth-order valence-electron chi connectivity index (χ4n) is 5.64. The zero-order chi connectivity index (χ0) is 34.3. The van der Waals surface area contributed by atoms with Gasteiger partial charge in [-0.3, -0.25) is 10.5 Å². The van der Waals surface area contributed by atoms with Gasteiger partial charge in [0.1, 0.15) is 92.1 Å². The van der Waals surface area contributed by atoms with Crippen LogP contribution in [0.25, 0.3) is 0 Å². The number of ether oxygens (including phenoxy) is 7. The predicted octanol–water partition coefficient (Wildman–Crippen LogP) is -10.5. The van der Waals surface area contributed by atoms with Crippen LogP contribution in [-0.2, 0) is 33.2 Å². The van der Waals surface area contributed by atoms with Crippen LogP contribution in [0.15, 0.2) is 0 Å². The van der Waals surface area contributed by atoms with E-state index >= 15 is 0 Å². The monoisotopic (exact) mass is 681 g/mol. The van der Waals surface area contributed by atoms with Gasteiger partial charge in [0.2, 0.25) is 5.79 Å². The molecule has 4 fully saturated rings. The summed E-state index contributed by atoms with van der Waals surface area (Å²) < 4.78 is 37.6. The van der Waals surface area contributed by atoms with Crippen molar-refractivity contribution in [1.29, 1.82) is 0 Å². The van der Waals surface area contributed by atoms with Crippen molar-refractivity contribution < 1.29 is 105 Å². The number of aliphatic hydroxyl groups is 14. The molecule has 4 heterocycles. The van der Waals surface area contributed by atoms with E-state index < -0.39 is 149 Å². The van der Waals surface area contributed by atoms with Gasteiger partial charge in [-0.05, 0) is 0 Å². The minimum atomic E-state index is -2.88. The first kappa shape index (κ1) is 37.9. The molecule has 16 N–H and O–H groups in total. The number of hydrogen-bond donors (Lipinski definition) is 15. The Labute approximate surface area is 259 Å². The van der Waals surface area contributed by atoms with Crippen molar-refractivity contribution in [2.45, 2.75) is 116 Å². The second kappa shape index (κ2) is 14.9. The minimum Gasteiger partial charge on any atom is -0.394 e. The van der Waals surface area contributed by atoms with Crippen LogP contribution in [0.5, 0.6) is 0 Å². The zero-order valence-electron chi connectivity index (χ0n) is 24.0. The average molecular weight is 682 g/mol. The molecule has 0 saturated carbocycles. The van der Waals surface area contributed by atoms with Crippen molar-refractivity contribution in [3.63, 3.8) is 0 Å². The molecule has 0 unspecified atom stereocenters. The van der Waals surface area contributed by atoms with Crippen molar-refractivity contribution in [1.82, 2.24) is 0 Å². The molecule has 270 valence electrons. The smallest absolute Gasteiger partial charge is 0.258 e. The molecule has 0 aromatic rings. The summed E-state index contributed by atoms with van der Waals surface area (Å²) in [5.74, 6) is -5.48. The van der Waals surface area contributed by atoms with Gasteiger partial charge in [0.25, 0.3) is 5.91 Å². The summed E-state index contributed by atoms with van der Waals surface area (Å²) in [6.45, 7) is -4.53. The molecule has 22 heteroatoms. The molecule has 0 aromatic carbocycles. The van der Waals surface area contributed by atoms with E-state index in [1.165, 1.54) is 0 Å². The highest BCUT2D eigenvalue weighted by molar-refractivity contribution is 5.02. The molecule has 4 rings (SSSR count). The number of rotatable bonds is 11. The van der Waals surface area contributed by atoms with Crippen molar-refractivity contribution in [3.05, 3.63) is 0 Å². The van der Waals surface area contributed by atoms with Crippen LogP contribution in [0.1, 0.15) is 0 Å². The number of aliphatic hydroxyl groups excluding tert-OH is 14. The summed E-state index contributed by atoms with van der Waals surface area (Å²) in [6, 6.07) is 0. The van der Waals surface area contributed by atoms with Crippen molar-refractivity contribution in [2.75, 3.05) is 33.0 Å². The van der Waals surface area contributed by atoms with E-state index in [-0.39, 0.29) is 0 Å². The molecule has 4 aliphatic rings. The maximum absolute atomic E-state index is 11.0. The van der Waals surface area contributed by atoms with E-state index in [1.807, 2.05) is 0 Å². The van der Waals surface area contributed by atoms with Crippen molar-refractivity contribution >= 4 is 0 Å². The zero-order valence-corrected chi connectivity index (χ0v) is 24.0. The van der Waals surface area contributed by atoms with Crippen molar-refractivity contribution in [3.8, 4) is 0 Å². The summed E-state index contributed by atoms with van der Waals surface area (Å²) in [6.07, 6.45) is -31.1.